The lowest BCUT2D eigenvalue weighted by Crippen LogP contribution is -2.56. The molecule has 0 aliphatic carbocycles. The molecule has 11 heteroatoms. The molecule has 0 saturated heterocycles. The summed E-state index contributed by atoms with van der Waals surface area (Å²) in [5.41, 5.74) is 0.825. The van der Waals surface area contributed by atoms with E-state index in [1.165, 1.54) is 12.1 Å². The standard InChI is InChI=1S/C16H11Cl6N3OS/c17-9-3-1-8(2-4-9)13(26)24-14(16(20,21)22)25-15(27)23-12-6-5-10(18)7-11(12)19/h1-7,14H,(H,24,26)(H2,23,25,27). The molecule has 0 heterocycles. The van der Waals surface area contributed by atoms with Gasteiger partial charge in [0.05, 0.1) is 10.7 Å². The van der Waals surface area contributed by atoms with Gasteiger partial charge in [0.15, 0.2) is 5.11 Å². The largest absolute Gasteiger partial charge is 0.339 e. The summed E-state index contributed by atoms with van der Waals surface area (Å²) in [5.74, 6) is -0.484. The summed E-state index contributed by atoms with van der Waals surface area (Å²) < 4.78 is -1.89. The molecule has 0 aromatic heterocycles. The van der Waals surface area contributed by atoms with Gasteiger partial charge in [0, 0.05) is 15.6 Å². The van der Waals surface area contributed by atoms with Crippen molar-refractivity contribution in [3.8, 4) is 0 Å². The van der Waals surface area contributed by atoms with Gasteiger partial charge in [0.25, 0.3) is 5.91 Å². The first-order valence-electron chi connectivity index (χ1n) is 7.22. The van der Waals surface area contributed by atoms with Crippen molar-refractivity contribution in [1.29, 1.82) is 0 Å². The predicted molar refractivity (Wildman–Crippen MR) is 119 cm³/mol. The summed E-state index contributed by atoms with van der Waals surface area (Å²) in [5, 5.41) is 9.53. The first kappa shape index (κ1) is 22.6. The molecule has 144 valence electrons. The average molecular weight is 506 g/mol. The smallest absolute Gasteiger partial charge is 0.252 e. The Kier molecular flexibility index (Phi) is 8.13. The number of hydrogen-bond donors (Lipinski definition) is 3. The number of nitrogens with one attached hydrogen (secondary N) is 3. The van der Waals surface area contributed by atoms with Gasteiger partial charge < -0.3 is 16.0 Å². The van der Waals surface area contributed by atoms with E-state index in [1.807, 2.05) is 0 Å². The van der Waals surface area contributed by atoms with Gasteiger partial charge in [0.2, 0.25) is 3.79 Å². The Morgan fingerprint density at radius 1 is 0.926 bits per heavy atom. The molecule has 2 rings (SSSR count). The number of carbonyl (C=O) groups excluding carboxylic acids is 1. The van der Waals surface area contributed by atoms with Crippen LogP contribution in [0.5, 0.6) is 0 Å². The molecule has 0 saturated carbocycles. The maximum absolute atomic E-state index is 12.4. The van der Waals surface area contributed by atoms with Gasteiger partial charge in [-0.05, 0) is 54.7 Å². The normalized spacial score (nSPS) is 12.2. The van der Waals surface area contributed by atoms with Gasteiger partial charge in [0.1, 0.15) is 6.17 Å². The maximum Gasteiger partial charge on any atom is 0.252 e. The van der Waals surface area contributed by atoms with Gasteiger partial charge >= 0.3 is 0 Å². The molecule has 0 aliphatic rings. The highest BCUT2D eigenvalue weighted by Gasteiger charge is 2.35. The van der Waals surface area contributed by atoms with E-state index in [1.54, 1.807) is 30.3 Å². The van der Waals surface area contributed by atoms with Crippen molar-refractivity contribution in [1.82, 2.24) is 10.6 Å². The Morgan fingerprint density at radius 3 is 2.07 bits per heavy atom. The second kappa shape index (κ2) is 9.70. The Hall–Kier alpha value is -0.660. The second-order valence-electron chi connectivity index (χ2n) is 5.18. The van der Waals surface area contributed by atoms with Crippen molar-refractivity contribution in [3.63, 3.8) is 0 Å². The van der Waals surface area contributed by atoms with Gasteiger partial charge in [-0.3, -0.25) is 4.79 Å². The summed E-state index contributed by atoms with van der Waals surface area (Å²) in [6.07, 6.45) is -1.13. The highest BCUT2D eigenvalue weighted by molar-refractivity contribution is 7.80. The zero-order valence-corrected chi connectivity index (χ0v) is 18.6. The molecule has 1 atom stereocenters. The quantitative estimate of drug-likeness (QED) is 0.268. The Balaban J connectivity index is 2.08. The minimum absolute atomic E-state index is 0.0759. The van der Waals surface area contributed by atoms with Crippen LogP contribution in [-0.4, -0.2) is 21.0 Å². The number of benzene rings is 2. The zero-order valence-electron chi connectivity index (χ0n) is 13.2. The fraction of sp³-hybridized carbons (Fsp3) is 0.125. The van der Waals surface area contributed by atoms with Crippen molar-refractivity contribution < 1.29 is 4.79 Å². The molecule has 0 radical (unpaired) electrons. The van der Waals surface area contributed by atoms with Crippen LogP contribution < -0.4 is 16.0 Å². The molecule has 0 spiro atoms. The third-order valence-electron chi connectivity index (χ3n) is 3.16. The summed E-state index contributed by atoms with van der Waals surface area (Å²) in [7, 11) is 0. The summed E-state index contributed by atoms with van der Waals surface area (Å²) in [4.78, 5) is 12.4. The highest BCUT2D eigenvalue weighted by Crippen LogP contribution is 2.30. The minimum atomic E-state index is -1.89. The van der Waals surface area contributed by atoms with E-state index in [4.69, 9.17) is 81.8 Å². The summed E-state index contributed by atoms with van der Waals surface area (Å²) >= 11 is 40.8. The predicted octanol–water partition coefficient (Wildman–Crippen LogP) is 6.06. The van der Waals surface area contributed by atoms with Gasteiger partial charge in [-0.2, -0.15) is 0 Å². The highest BCUT2D eigenvalue weighted by atomic mass is 35.6. The van der Waals surface area contributed by atoms with Crippen LogP contribution >= 0.6 is 81.8 Å². The fourth-order valence-corrected chi connectivity index (χ4v) is 3.03. The molecule has 2 aromatic carbocycles. The summed E-state index contributed by atoms with van der Waals surface area (Å²) in [6.45, 7) is 0. The van der Waals surface area contributed by atoms with E-state index >= 15 is 0 Å². The fourth-order valence-electron chi connectivity index (χ4n) is 1.90. The van der Waals surface area contributed by atoms with Crippen LogP contribution in [0.15, 0.2) is 42.5 Å². The Labute approximate surface area is 191 Å². The average Bonchev–Trinajstić information content (AvgIpc) is 2.56. The number of rotatable bonds is 4. The lowest BCUT2D eigenvalue weighted by Gasteiger charge is -2.28. The molecule has 0 bridgehead atoms. The van der Waals surface area contributed by atoms with Crippen LogP contribution in [0, 0.1) is 0 Å². The van der Waals surface area contributed by atoms with Gasteiger partial charge in [-0.25, -0.2) is 0 Å². The number of thiocarbonyl (C=S) groups is 1. The maximum atomic E-state index is 12.4. The lowest BCUT2D eigenvalue weighted by molar-refractivity contribution is 0.0934. The molecule has 27 heavy (non-hydrogen) atoms. The topological polar surface area (TPSA) is 53.2 Å². The van der Waals surface area contributed by atoms with Gasteiger partial charge in [-0.1, -0.05) is 69.6 Å². The van der Waals surface area contributed by atoms with Crippen molar-refractivity contribution >= 4 is 98.5 Å². The molecule has 3 N–H and O–H groups in total. The number of alkyl halides is 3. The summed E-state index contributed by atoms with van der Waals surface area (Å²) in [6, 6.07) is 11.0. The van der Waals surface area contributed by atoms with Crippen LogP contribution in [-0.2, 0) is 0 Å². The third kappa shape index (κ3) is 7.02. The Bertz CT molecular complexity index is 841. The number of halogens is 6. The van der Waals surface area contributed by atoms with E-state index < -0.39 is 15.9 Å². The van der Waals surface area contributed by atoms with Crippen LogP contribution in [0.25, 0.3) is 0 Å². The van der Waals surface area contributed by atoms with Crippen molar-refractivity contribution in [2.45, 2.75) is 9.96 Å². The van der Waals surface area contributed by atoms with Crippen LogP contribution in [0.4, 0.5) is 5.69 Å². The van der Waals surface area contributed by atoms with E-state index in [2.05, 4.69) is 16.0 Å². The SMILES string of the molecule is O=C(NC(NC(=S)Nc1ccc(Cl)cc1Cl)C(Cl)(Cl)Cl)c1ccc(Cl)cc1. The van der Waals surface area contributed by atoms with Crippen molar-refractivity contribution in [2.75, 3.05) is 5.32 Å². The van der Waals surface area contributed by atoms with E-state index in [9.17, 15) is 4.79 Å². The second-order valence-corrected chi connectivity index (χ2v) is 9.23. The van der Waals surface area contributed by atoms with Crippen molar-refractivity contribution in [2.24, 2.45) is 0 Å². The van der Waals surface area contributed by atoms with E-state index in [-0.39, 0.29) is 5.11 Å². The van der Waals surface area contributed by atoms with Gasteiger partial charge in [-0.15, -0.1) is 0 Å². The van der Waals surface area contributed by atoms with E-state index in [0.29, 0.717) is 26.3 Å². The molecule has 1 amide bonds. The molecule has 1 unspecified atom stereocenters. The molecule has 0 fully saturated rings. The third-order valence-corrected chi connectivity index (χ3v) is 4.84. The molecule has 4 nitrogen and oxygen atoms in total. The molecule has 0 aliphatic heterocycles. The van der Waals surface area contributed by atoms with Crippen LogP contribution in [0.1, 0.15) is 10.4 Å². The lowest BCUT2D eigenvalue weighted by atomic mass is 10.2. The number of anilines is 1. The first-order chi connectivity index (χ1) is 12.6. The Morgan fingerprint density at radius 2 is 1.52 bits per heavy atom. The number of amides is 1. The number of carbonyl (C=O) groups is 1. The molecule has 2 aromatic rings. The van der Waals surface area contributed by atoms with Crippen LogP contribution in [0.3, 0.4) is 0 Å². The van der Waals surface area contributed by atoms with Crippen LogP contribution in [0.2, 0.25) is 15.1 Å². The minimum Gasteiger partial charge on any atom is -0.339 e. The zero-order chi connectivity index (χ0) is 20.2. The van der Waals surface area contributed by atoms with Crippen molar-refractivity contribution in [3.05, 3.63) is 63.1 Å². The molecular weight excluding hydrogens is 495 g/mol. The number of hydrogen-bond acceptors (Lipinski definition) is 2. The first-order valence-corrected chi connectivity index (χ1v) is 9.89. The molecular formula is C16H11Cl6N3OS. The van der Waals surface area contributed by atoms with E-state index in [0.717, 1.165) is 0 Å². The monoisotopic (exact) mass is 503 g/mol.